The summed E-state index contributed by atoms with van der Waals surface area (Å²) in [4.78, 5) is -0.0429. The summed E-state index contributed by atoms with van der Waals surface area (Å²) in [5.74, 6) is -0.542. The Bertz CT molecular complexity index is 754. The lowest BCUT2D eigenvalue weighted by Crippen LogP contribution is -2.32. The Kier molecular flexibility index (Phi) is 4.25. The van der Waals surface area contributed by atoms with Crippen LogP contribution in [0.15, 0.2) is 27.6 Å². The molecule has 114 valence electrons. The summed E-state index contributed by atoms with van der Waals surface area (Å²) in [6.07, 6.45) is 0. The van der Waals surface area contributed by atoms with Crippen LogP contribution in [0.2, 0.25) is 5.02 Å². The molecule has 1 heterocycles. The van der Waals surface area contributed by atoms with Gasteiger partial charge in [-0.1, -0.05) is 16.8 Å². The van der Waals surface area contributed by atoms with Crippen LogP contribution in [0, 0.1) is 19.7 Å². The molecule has 2 aromatic rings. The molecule has 5 nitrogen and oxygen atoms in total. The molecular formula is C13H14ClFN2O3S. The molecule has 1 aromatic carbocycles. The Morgan fingerprint density at radius 2 is 2.05 bits per heavy atom. The number of sulfonamides is 1. The van der Waals surface area contributed by atoms with Crippen LogP contribution >= 0.6 is 11.6 Å². The number of aromatic nitrogens is 1. The van der Waals surface area contributed by atoms with Crippen molar-refractivity contribution in [1.82, 2.24) is 5.16 Å². The van der Waals surface area contributed by atoms with E-state index in [2.05, 4.69) is 5.16 Å². The molecule has 0 N–H and O–H groups in total. The maximum atomic E-state index is 14.0. The summed E-state index contributed by atoms with van der Waals surface area (Å²) in [5, 5.41) is 3.83. The van der Waals surface area contributed by atoms with Crippen LogP contribution in [0.3, 0.4) is 0 Å². The van der Waals surface area contributed by atoms with Crippen molar-refractivity contribution >= 4 is 27.3 Å². The fraction of sp³-hybridized carbons (Fsp3) is 0.308. The fourth-order valence-corrected chi connectivity index (χ4v) is 4.04. The number of nitrogens with zero attached hydrogens (tertiary/aromatic N) is 2. The molecule has 0 aliphatic carbocycles. The first-order valence-electron chi connectivity index (χ1n) is 6.19. The highest BCUT2D eigenvalue weighted by atomic mass is 35.5. The largest absolute Gasteiger partial charge is 0.360 e. The highest BCUT2D eigenvalue weighted by Gasteiger charge is 2.31. The third-order valence-corrected chi connectivity index (χ3v) is 5.35. The van der Waals surface area contributed by atoms with Crippen LogP contribution in [0.1, 0.15) is 18.4 Å². The molecule has 0 saturated carbocycles. The molecule has 0 spiro atoms. The standard InChI is InChI=1S/C13H14ClFN2O3S/c1-4-17(12-6-5-10(14)7-11(12)15)21(18,19)13-8(2)16-20-9(13)3/h5-7H,4H2,1-3H3. The first-order chi connectivity index (χ1) is 9.78. The molecule has 1 aromatic heterocycles. The van der Waals surface area contributed by atoms with Crippen LogP contribution in [-0.2, 0) is 10.0 Å². The van der Waals surface area contributed by atoms with E-state index < -0.39 is 15.8 Å². The summed E-state index contributed by atoms with van der Waals surface area (Å²) in [6.45, 7) is 4.70. The van der Waals surface area contributed by atoms with E-state index in [0.717, 1.165) is 10.4 Å². The predicted molar refractivity (Wildman–Crippen MR) is 77.6 cm³/mol. The number of rotatable bonds is 4. The van der Waals surface area contributed by atoms with Gasteiger partial charge in [0.1, 0.15) is 11.5 Å². The van der Waals surface area contributed by atoms with E-state index in [1.807, 2.05) is 0 Å². The topological polar surface area (TPSA) is 63.4 Å². The fourth-order valence-electron chi connectivity index (χ4n) is 2.11. The number of halogens is 2. The second kappa shape index (κ2) is 5.65. The van der Waals surface area contributed by atoms with Crippen molar-refractivity contribution in [1.29, 1.82) is 0 Å². The van der Waals surface area contributed by atoms with Gasteiger partial charge in [-0.3, -0.25) is 4.31 Å². The summed E-state index contributed by atoms with van der Waals surface area (Å²) < 4.78 is 45.3. The Hall–Kier alpha value is -1.60. The van der Waals surface area contributed by atoms with Crippen LogP contribution in [0.5, 0.6) is 0 Å². The number of benzene rings is 1. The van der Waals surface area contributed by atoms with Crippen molar-refractivity contribution in [2.75, 3.05) is 10.8 Å². The van der Waals surface area contributed by atoms with E-state index in [4.69, 9.17) is 16.1 Å². The third kappa shape index (κ3) is 2.75. The molecule has 8 heteroatoms. The number of hydrogen-bond donors (Lipinski definition) is 0. The monoisotopic (exact) mass is 332 g/mol. The Morgan fingerprint density at radius 3 is 2.52 bits per heavy atom. The quantitative estimate of drug-likeness (QED) is 0.861. The van der Waals surface area contributed by atoms with Gasteiger partial charge in [0, 0.05) is 11.6 Å². The van der Waals surface area contributed by atoms with Crippen molar-refractivity contribution in [2.24, 2.45) is 0 Å². The van der Waals surface area contributed by atoms with E-state index in [9.17, 15) is 12.8 Å². The van der Waals surface area contributed by atoms with Gasteiger partial charge >= 0.3 is 0 Å². The van der Waals surface area contributed by atoms with Gasteiger partial charge in [0.25, 0.3) is 10.0 Å². The molecule has 21 heavy (non-hydrogen) atoms. The van der Waals surface area contributed by atoms with Crippen molar-refractivity contribution in [3.05, 3.63) is 40.5 Å². The van der Waals surface area contributed by atoms with Crippen molar-refractivity contribution in [3.8, 4) is 0 Å². The molecule has 0 atom stereocenters. The zero-order valence-electron chi connectivity index (χ0n) is 11.7. The average molecular weight is 333 g/mol. The Morgan fingerprint density at radius 1 is 1.38 bits per heavy atom. The van der Waals surface area contributed by atoms with Crippen LogP contribution in [-0.4, -0.2) is 20.1 Å². The summed E-state index contributed by atoms with van der Waals surface area (Å²) in [6, 6.07) is 3.84. The lowest BCUT2D eigenvalue weighted by Gasteiger charge is -2.23. The zero-order valence-corrected chi connectivity index (χ0v) is 13.3. The second-order valence-corrected chi connectivity index (χ2v) is 6.65. The number of aryl methyl sites for hydroxylation is 2. The molecule has 2 rings (SSSR count). The molecule has 0 unspecified atom stereocenters. The van der Waals surface area contributed by atoms with E-state index in [1.54, 1.807) is 6.92 Å². The first kappa shape index (κ1) is 15.8. The summed E-state index contributed by atoms with van der Waals surface area (Å²) in [7, 11) is -3.96. The molecular weight excluding hydrogens is 319 g/mol. The van der Waals surface area contributed by atoms with Gasteiger partial charge in [-0.2, -0.15) is 0 Å². The maximum absolute atomic E-state index is 14.0. The summed E-state index contributed by atoms with van der Waals surface area (Å²) >= 11 is 5.70. The normalized spacial score (nSPS) is 11.7. The Balaban J connectivity index is 2.60. The van der Waals surface area contributed by atoms with E-state index in [-0.39, 0.29) is 33.6 Å². The predicted octanol–water partition coefficient (Wildman–Crippen LogP) is 3.30. The molecule has 0 saturated heterocycles. The third-order valence-electron chi connectivity index (χ3n) is 2.98. The minimum Gasteiger partial charge on any atom is -0.360 e. The molecule has 0 amide bonds. The highest BCUT2D eigenvalue weighted by Crippen LogP contribution is 2.30. The minimum absolute atomic E-state index is 0.0429. The maximum Gasteiger partial charge on any atom is 0.269 e. The van der Waals surface area contributed by atoms with Crippen LogP contribution in [0.4, 0.5) is 10.1 Å². The van der Waals surface area contributed by atoms with Gasteiger partial charge in [-0.05, 0) is 39.0 Å². The minimum atomic E-state index is -3.96. The molecule has 0 bridgehead atoms. The van der Waals surface area contributed by atoms with Gasteiger partial charge < -0.3 is 4.52 Å². The molecule has 0 aliphatic heterocycles. The van der Waals surface area contributed by atoms with Crippen molar-refractivity contribution in [3.63, 3.8) is 0 Å². The lowest BCUT2D eigenvalue weighted by molar-refractivity contribution is 0.390. The molecule has 0 aliphatic rings. The lowest BCUT2D eigenvalue weighted by atomic mass is 10.3. The van der Waals surface area contributed by atoms with E-state index >= 15 is 0 Å². The molecule has 0 fully saturated rings. The van der Waals surface area contributed by atoms with Gasteiger partial charge in [0.2, 0.25) is 0 Å². The smallest absolute Gasteiger partial charge is 0.269 e. The van der Waals surface area contributed by atoms with Gasteiger partial charge in [0.15, 0.2) is 10.7 Å². The van der Waals surface area contributed by atoms with Crippen LogP contribution < -0.4 is 4.31 Å². The SMILES string of the molecule is CCN(c1ccc(Cl)cc1F)S(=O)(=O)c1c(C)noc1C. The van der Waals surface area contributed by atoms with Gasteiger partial charge in [-0.25, -0.2) is 12.8 Å². The zero-order chi connectivity index (χ0) is 15.8. The summed E-state index contributed by atoms with van der Waals surface area (Å²) in [5.41, 5.74) is 0.169. The number of hydrogen-bond acceptors (Lipinski definition) is 4. The highest BCUT2D eigenvalue weighted by molar-refractivity contribution is 7.93. The van der Waals surface area contributed by atoms with Crippen molar-refractivity contribution < 1.29 is 17.3 Å². The Labute approximate surface area is 127 Å². The van der Waals surface area contributed by atoms with E-state index in [1.165, 1.54) is 26.0 Å². The second-order valence-electron chi connectivity index (χ2n) is 4.42. The number of anilines is 1. The van der Waals surface area contributed by atoms with E-state index in [0.29, 0.717) is 0 Å². The molecule has 0 radical (unpaired) electrons. The first-order valence-corrected chi connectivity index (χ1v) is 8.01. The van der Waals surface area contributed by atoms with Crippen molar-refractivity contribution in [2.45, 2.75) is 25.7 Å². The van der Waals surface area contributed by atoms with Gasteiger partial charge in [-0.15, -0.1) is 0 Å². The van der Waals surface area contributed by atoms with Gasteiger partial charge in [0.05, 0.1) is 5.69 Å². The van der Waals surface area contributed by atoms with Crippen LogP contribution in [0.25, 0.3) is 0 Å². The average Bonchev–Trinajstić information content (AvgIpc) is 2.72.